The van der Waals surface area contributed by atoms with E-state index in [0.717, 1.165) is 17.7 Å². The summed E-state index contributed by atoms with van der Waals surface area (Å²) in [6.45, 7) is 3.87. The molecule has 5 nitrogen and oxygen atoms in total. The Morgan fingerprint density at radius 3 is 2.54 bits per heavy atom. The van der Waals surface area contributed by atoms with Crippen LogP contribution in [0.1, 0.15) is 12.5 Å². The Morgan fingerprint density at radius 1 is 1.04 bits per heavy atom. The molecule has 1 atom stereocenters. The standard InChI is InChI=1S/C19H25NO4/c1-2-15-5-3-4-6-19(15)24-14-17(22)13-20-11-12-23-18-9-7-16(21)8-10-18/h3-10,17,20-22H,2,11-14H2,1H3. The van der Waals surface area contributed by atoms with E-state index in [1.807, 2.05) is 24.3 Å². The molecule has 0 spiro atoms. The van der Waals surface area contributed by atoms with Crippen LogP contribution in [0.15, 0.2) is 48.5 Å². The van der Waals surface area contributed by atoms with Gasteiger partial charge in [0.05, 0.1) is 0 Å². The number of benzene rings is 2. The van der Waals surface area contributed by atoms with Gasteiger partial charge in [-0.3, -0.25) is 0 Å². The number of hydrogen-bond acceptors (Lipinski definition) is 5. The Kier molecular flexibility index (Phi) is 7.39. The lowest BCUT2D eigenvalue weighted by Gasteiger charge is -2.15. The van der Waals surface area contributed by atoms with Crippen LogP contribution in [0, 0.1) is 0 Å². The predicted octanol–water partition coefficient (Wildman–Crippen LogP) is 2.36. The van der Waals surface area contributed by atoms with E-state index in [2.05, 4.69) is 12.2 Å². The molecular formula is C19H25NO4. The molecule has 0 aliphatic heterocycles. The SMILES string of the molecule is CCc1ccccc1OCC(O)CNCCOc1ccc(O)cc1. The first-order valence-electron chi connectivity index (χ1n) is 8.20. The monoisotopic (exact) mass is 331 g/mol. The molecule has 0 saturated heterocycles. The van der Waals surface area contributed by atoms with Gasteiger partial charge in [-0.15, -0.1) is 0 Å². The van der Waals surface area contributed by atoms with Crippen LogP contribution < -0.4 is 14.8 Å². The van der Waals surface area contributed by atoms with Gasteiger partial charge in [0.1, 0.15) is 36.6 Å². The van der Waals surface area contributed by atoms with Crippen LogP contribution in [0.4, 0.5) is 0 Å². The Labute approximate surface area is 142 Å². The van der Waals surface area contributed by atoms with Crippen molar-refractivity contribution in [1.82, 2.24) is 5.32 Å². The van der Waals surface area contributed by atoms with Gasteiger partial charge in [0.15, 0.2) is 0 Å². The highest BCUT2D eigenvalue weighted by atomic mass is 16.5. The highest BCUT2D eigenvalue weighted by Crippen LogP contribution is 2.18. The van der Waals surface area contributed by atoms with Gasteiger partial charge in [-0.2, -0.15) is 0 Å². The molecule has 0 aliphatic rings. The Balaban J connectivity index is 1.59. The van der Waals surface area contributed by atoms with Crippen LogP contribution in [0.2, 0.25) is 0 Å². The fraction of sp³-hybridized carbons (Fsp3) is 0.368. The van der Waals surface area contributed by atoms with Crippen molar-refractivity contribution in [3.05, 3.63) is 54.1 Å². The number of hydrogen-bond donors (Lipinski definition) is 3. The third-order valence-corrected chi connectivity index (χ3v) is 3.55. The minimum absolute atomic E-state index is 0.216. The van der Waals surface area contributed by atoms with Gasteiger partial charge in [-0.25, -0.2) is 0 Å². The minimum atomic E-state index is -0.580. The second-order valence-electron chi connectivity index (χ2n) is 5.47. The van der Waals surface area contributed by atoms with E-state index in [4.69, 9.17) is 9.47 Å². The number of aromatic hydroxyl groups is 1. The summed E-state index contributed by atoms with van der Waals surface area (Å²) in [6.07, 6.45) is 0.322. The van der Waals surface area contributed by atoms with Crippen LogP contribution in [-0.2, 0) is 6.42 Å². The van der Waals surface area contributed by atoms with Crippen molar-refractivity contribution in [2.75, 3.05) is 26.3 Å². The van der Waals surface area contributed by atoms with Gasteiger partial charge < -0.3 is 25.0 Å². The quantitative estimate of drug-likeness (QED) is 0.583. The summed E-state index contributed by atoms with van der Waals surface area (Å²) >= 11 is 0. The average molecular weight is 331 g/mol. The lowest BCUT2D eigenvalue weighted by molar-refractivity contribution is 0.105. The third kappa shape index (κ3) is 6.10. The van der Waals surface area contributed by atoms with Crippen LogP contribution in [0.25, 0.3) is 0 Å². The molecule has 0 saturated carbocycles. The summed E-state index contributed by atoms with van der Waals surface area (Å²) in [7, 11) is 0. The molecule has 1 unspecified atom stereocenters. The number of ether oxygens (including phenoxy) is 2. The first-order chi connectivity index (χ1) is 11.7. The number of para-hydroxylation sites is 1. The van der Waals surface area contributed by atoms with E-state index in [0.29, 0.717) is 25.4 Å². The molecule has 2 aromatic rings. The summed E-state index contributed by atoms with van der Waals surface area (Å²) in [5, 5.41) is 22.3. The fourth-order valence-corrected chi connectivity index (χ4v) is 2.23. The van der Waals surface area contributed by atoms with E-state index >= 15 is 0 Å². The van der Waals surface area contributed by atoms with E-state index in [1.54, 1.807) is 24.3 Å². The first-order valence-corrected chi connectivity index (χ1v) is 8.20. The van der Waals surface area contributed by atoms with E-state index < -0.39 is 6.10 Å². The fourth-order valence-electron chi connectivity index (χ4n) is 2.23. The summed E-state index contributed by atoms with van der Waals surface area (Å²) < 4.78 is 11.2. The first kappa shape index (κ1) is 18.1. The van der Waals surface area contributed by atoms with Gasteiger partial charge in [0, 0.05) is 13.1 Å². The van der Waals surface area contributed by atoms with Gasteiger partial charge in [0.2, 0.25) is 0 Å². The van der Waals surface area contributed by atoms with Crippen molar-refractivity contribution in [1.29, 1.82) is 0 Å². The minimum Gasteiger partial charge on any atom is -0.508 e. The summed E-state index contributed by atoms with van der Waals surface area (Å²) in [5.74, 6) is 1.75. The zero-order valence-electron chi connectivity index (χ0n) is 13.9. The number of aryl methyl sites for hydroxylation is 1. The van der Waals surface area contributed by atoms with Crippen molar-refractivity contribution in [3.8, 4) is 17.2 Å². The highest BCUT2D eigenvalue weighted by molar-refractivity contribution is 5.33. The lowest BCUT2D eigenvalue weighted by Crippen LogP contribution is -2.33. The maximum atomic E-state index is 9.96. The van der Waals surface area contributed by atoms with Crippen molar-refractivity contribution >= 4 is 0 Å². The van der Waals surface area contributed by atoms with Crippen molar-refractivity contribution in [2.45, 2.75) is 19.4 Å². The molecule has 0 radical (unpaired) electrons. The summed E-state index contributed by atoms with van der Waals surface area (Å²) in [5.41, 5.74) is 1.14. The average Bonchev–Trinajstić information content (AvgIpc) is 2.61. The van der Waals surface area contributed by atoms with E-state index in [9.17, 15) is 10.2 Å². The van der Waals surface area contributed by atoms with E-state index in [1.165, 1.54) is 0 Å². The predicted molar refractivity (Wildman–Crippen MR) is 93.8 cm³/mol. The molecule has 0 aromatic heterocycles. The second kappa shape index (κ2) is 9.80. The molecule has 5 heteroatoms. The molecule has 0 aliphatic carbocycles. The number of phenols is 1. The number of phenolic OH excluding ortho intramolecular Hbond substituents is 1. The zero-order chi connectivity index (χ0) is 17.2. The molecule has 2 aromatic carbocycles. The number of rotatable bonds is 10. The largest absolute Gasteiger partial charge is 0.508 e. The zero-order valence-corrected chi connectivity index (χ0v) is 13.9. The van der Waals surface area contributed by atoms with Gasteiger partial charge in [-0.1, -0.05) is 25.1 Å². The molecule has 0 bridgehead atoms. The molecular weight excluding hydrogens is 306 g/mol. The molecule has 2 rings (SSSR count). The van der Waals surface area contributed by atoms with Crippen molar-refractivity contribution < 1.29 is 19.7 Å². The molecule has 130 valence electrons. The highest BCUT2D eigenvalue weighted by Gasteiger charge is 2.07. The number of nitrogens with one attached hydrogen (secondary N) is 1. The number of aliphatic hydroxyl groups is 1. The van der Waals surface area contributed by atoms with Crippen LogP contribution in [-0.4, -0.2) is 42.6 Å². The molecule has 3 N–H and O–H groups in total. The lowest BCUT2D eigenvalue weighted by atomic mass is 10.1. The molecule has 0 heterocycles. The molecule has 0 fully saturated rings. The van der Waals surface area contributed by atoms with Crippen LogP contribution in [0.5, 0.6) is 17.2 Å². The number of aliphatic hydroxyl groups excluding tert-OH is 1. The Hall–Kier alpha value is -2.24. The Morgan fingerprint density at radius 2 is 1.79 bits per heavy atom. The normalized spacial score (nSPS) is 11.9. The van der Waals surface area contributed by atoms with E-state index in [-0.39, 0.29) is 12.4 Å². The maximum absolute atomic E-state index is 9.96. The Bertz CT molecular complexity index is 601. The van der Waals surface area contributed by atoms with Crippen LogP contribution in [0.3, 0.4) is 0 Å². The van der Waals surface area contributed by atoms with Crippen LogP contribution >= 0.6 is 0 Å². The second-order valence-corrected chi connectivity index (χ2v) is 5.47. The van der Waals surface area contributed by atoms with Gasteiger partial charge in [-0.05, 0) is 42.3 Å². The maximum Gasteiger partial charge on any atom is 0.122 e. The molecule has 0 amide bonds. The smallest absolute Gasteiger partial charge is 0.122 e. The summed E-state index contributed by atoms with van der Waals surface area (Å²) in [6, 6.07) is 14.4. The third-order valence-electron chi connectivity index (χ3n) is 3.55. The van der Waals surface area contributed by atoms with Gasteiger partial charge in [0.25, 0.3) is 0 Å². The summed E-state index contributed by atoms with van der Waals surface area (Å²) in [4.78, 5) is 0. The molecule has 24 heavy (non-hydrogen) atoms. The van der Waals surface area contributed by atoms with Crippen molar-refractivity contribution in [2.24, 2.45) is 0 Å². The van der Waals surface area contributed by atoms with Gasteiger partial charge >= 0.3 is 0 Å². The van der Waals surface area contributed by atoms with Crippen molar-refractivity contribution in [3.63, 3.8) is 0 Å². The topological polar surface area (TPSA) is 71.0 Å².